The SMILES string of the molecule is CCCCCCCCCCCCCCCCCCCCCC(=O)NC(C(=O)O)C(C)CC. The number of aliphatic carboxylic acids is 1. The largest absolute Gasteiger partial charge is 0.480 e. The van der Waals surface area contributed by atoms with Crippen molar-refractivity contribution in [3.8, 4) is 0 Å². The van der Waals surface area contributed by atoms with Crippen LogP contribution in [0.4, 0.5) is 0 Å². The maximum atomic E-state index is 12.0. The van der Waals surface area contributed by atoms with Crippen LogP contribution in [0.25, 0.3) is 0 Å². The van der Waals surface area contributed by atoms with Gasteiger partial charge in [0.1, 0.15) is 6.04 Å². The van der Waals surface area contributed by atoms with E-state index in [1.165, 1.54) is 109 Å². The number of hydrogen-bond acceptors (Lipinski definition) is 2. The summed E-state index contributed by atoms with van der Waals surface area (Å²) in [4.78, 5) is 23.3. The Morgan fingerprint density at radius 2 is 0.969 bits per heavy atom. The molecule has 0 bridgehead atoms. The summed E-state index contributed by atoms with van der Waals surface area (Å²) in [5.41, 5.74) is 0. The number of carboxylic acid groups (broad SMARTS) is 1. The van der Waals surface area contributed by atoms with Crippen molar-refractivity contribution >= 4 is 11.9 Å². The molecule has 2 unspecified atom stereocenters. The first-order valence-corrected chi connectivity index (χ1v) is 14.0. The Morgan fingerprint density at radius 3 is 1.28 bits per heavy atom. The molecule has 0 aromatic rings. The summed E-state index contributed by atoms with van der Waals surface area (Å²) in [6.07, 6.45) is 26.6. The Kier molecular flexibility index (Phi) is 22.3. The number of unbranched alkanes of at least 4 members (excludes halogenated alkanes) is 18. The number of carbonyl (C=O) groups is 2. The summed E-state index contributed by atoms with van der Waals surface area (Å²) >= 11 is 0. The summed E-state index contributed by atoms with van der Waals surface area (Å²) in [5, 5.41) is 11.9. The molecule has 0 fully saturated rings. The molecular formula is C28H55NO3. The van der Waals surface area contributed by atoms with E-state index in [0.717, 1.165) is 19.3 Å². The molecule has 0 aliphatic heterocycles. The van der Waals surface area contributed by atoms with E-state index in [4.69, 9.17) is 0 Å². The van der Waals surface area contributed by atoms with Gasteiger partial charge in [0.15, 0.2) is 0 Å². The fourth-order valence-electron chi connectivity index (χ4n) is 4.29. The van der Waals surface area contributed by atoms with Gasteiger partial charge in [0.05, 0.1) is 0 Å². The predicted molar refractivity (Wildman–Crippen MR) is 137 cm³/mol. The lowest BCUT2D eigenvalue weighted by atomic mass is 9.99. The van der Waals surface area contributed by atoms with Crippen LogP contribution in [0.5, 0.6) is 0 Å². The van der Waals surface area contributed by atoms with Gasteiger partial charge in [-0.3, -0.25) is 4.79 Å². The van der Waals surface area contributed by atoms with E-state index < -0.39 is 12.0 Å². The highest BCUT2D eigenvalue weighted by molar-refractivity contribution is 5.83. The van der Waals surface area contributed by atoms with Crippen LogP contribution >= 0.6 is 0 Å². The number of rotatable bonds is 24. The quantitative estimate of drug-likeness (QED) is 0.144. The van der Waals surface area contributed by atoms with Crippen LogP contribution in [0.1, 0.15) is 156 Å². The summed E-state index contributed by atoms with van der Waals surface area (Å²) in [6, 6.07) is -0.757. The van der Waals surface area contributed by atoms with E-state index in [9.17, 15) is 14.7 Å². The van der Waals surface area contributed by atoms with Gasteiger partial charge >= 0.3 is 5.97 Å². The van der Waals surface area contributed by atoms with Gasteiger partial charge in [-0.15, -0.1) is 0 Å². The topological polar surface area (TPSA) is 66.4 Å². The molecule has 190 valence electrons. The molecule has 32 heavy (non-hydrogen) atoms. The van der Waals surface area contributed by atoms with Crippen molar-refractivity contribution in [1.82, 2.24) is 5.32 Å². The maximum absolute atomic E-state index is 12.0. The van der Waals surface area contributed by atoms with Gasteiger partial charge in [0.2, 0.25) is 5.91 Å². The standard InChI is InChI=1S/C28H55NO3/c1-4-6-7-8-9-10-11-12-13-14-15-16-17-18-19-20-21-22-23-24-26(30)29-27(28(31)32)25(3)5-2/h25,27H,4-24H2,1-3H3,(H,29,30)(H,31,32). The van der Waals surface area contributed by atoms with Gasteiger partial charge in [-0.25, -0.2) is 4.79 Å². The normalized spacial score (nSPS) is 13.1. The van der Waals surface area contributed by atoms with Crippen LogP contribution in [-0.4, -0.2) is 23.0 Å². The molecule has 1 amide bonds. The molecule has 0 aromatic heterocycles. The van der Waals surface area contributed by atoms with E-state index in [-0.39, 0.29) is 11.8 Å². The van der Waals surface area contributed by atoms with Crippen LogP contribution in [-0.2, 0) is 9.59 Å². The summed E-state index contributed by atoms with van der Waals surface area (Å²) < 4.78 is 0. The molecule has 0 saturated carbocycles. The number of carbonyl (C=O) groups excluding carboxylic acids is 1. The first-order valence-electron chi connectivity index (χ1n) is 14.0. The minimum atomic E-state index is -0.930. The molecular weight excluding hydrogens is 398 g/mol. The van der Waals surface area contributed by atoms with Gasteiger partial charge < -0.3 is 10.4 Å². The third kappa shape index (κ3) is 19.6. The molecule has 0 saturated heterocycles. The Bertz CT molecular complexity index is 438. The van der Waals surface area contributed by atoms with E-state index >= 15 is 0 Å². The highest BCUT2D eigenvalue weighted by Crippen LogP contribution is 2.15. The Labute approximate surface area is 199 Å². The molecule has 0 rings (SSSR count). The molecule has 0 aliphatic rings. The molecule has 0 aromatic carbocycles. The number of hydrogen-bond donors (Lipinski definition) is 2. The van der Waals surface area contributed by atoms with Crippen molar-refractivity contribution in [1.29, 1.82) is 0 Å². The monoisotopic (exact) mass is 453 g/mol. The van der Waals surface area contributed by atoms with Crippen LogP contribution < -0.4 is 5.32 Å². The van der Waals surface area contributed by atoms with Crippen molar-refractivity contribution in [2.75, 3.05) is 0 Å². The molecule has 0 aliphatic carbocycles. The third-order valence-electron chi connectivity index (χ3n) is 6.80. The maximum Gasteiger partial charge on any atom is 0.326 e. The summed E-state index contributed by atoms with van der Waals surface area (Å²) in [6.45, 7) is 6.10. The van der Waals surface area contributed by atoms with Crippen LogP contribution in [0.15, 0.2) is 0 Å². The predicted octanol–water partition coefficient (Wildman–Crippen LogP) is 8.42. The second-order valence-electron chi connectivity index (χ2n) is 9.88. The van der Waals surface area contributed by atoms with Crippen molar-refractivity contribution in [2.24, 2.45) is 5.92 Å². The molecule has 2 N–H and O–H groups in total. The van der Waals surface area contributed by atoms with Gasteiger partial charge in [0, 0.05) is 6.42 Å². The lowest BCUT2D eigenvalue weighted by Crippen LogP contribution is -2.44. The fourth-order valence-corrected chi connectivity index (χ4v) is 4.29. The van der Waals surface area contributed by atoms with E-state index in [1.54, 1.807) is 0 Å². The minimum absolute atomic E-state index is 0.0402. The Morgan fingerprint density at radius 1 is 0.625 bits per heavy atom. The lowest BCUT2D eigenvalue weighted by molar-refractivity contribution is -0.143. The van der Waals surface area contributed by atoms with E-state index in [1.807, 2.05) is 13.8 Å². The molecule has 4 nitrogen and oxygen atoms in total. The molecule has 0 radical (unpaired) electrons. The van der Waals surface area contributed by atoms with Crippen LogP contribution in [0, 0.1) is 5.92 Å². The van der Waals surface area contributed by atoms with Crippen molar-refractivity contribution in [3.63, 3.8) is 0 Å². The highest BCUT2D eigenvalue weighted by Gasteiger charge is 2.24. The molecule has 2 atom stereocenters. The number of amides is 1. The number of carboxylic acids is 1. The zero-order valence-electron chi connectivity index (χ0n) is 21.8. The van der Waals surface area contributed by atoms with Gasteiger partial charge in [0.25, 0.3) is 0 Å². The first-order chi connectivity index (χ1) is 15.5. The van der Waals surface area contributed by atoms with Gasteiger partial charge in [-0.1, -0.05) is 143 Å². The first kappa shape index (κ1) is 30.9. The third-order valence-corrected chi connectivity index (χ3v) is 6.80. The lowest BCUT2D eigenvalue weighted by Gasteiger charge is -2.20. The van der Waals surface area contributed by atoms with Crippen molar-refractivity contribution in [3.05, 3.63) is 0 Å². The summed E-state index contributed by atoms with van der Waals surface area (Å²) in [7, 11) is 0. The van der Waals surface area contributed by atoms with E-state index in [2.05, 4.69) is 12.2 Å². The Balaban J connectivity index is 3.34. The van der Waals surface area contributed by atoms with Crippen molar-refractivity contribution < 1.29 is 14.7 Å². The van der Waals surface area contributed by atoms with Crippen LogP contribution in [0.2, 0.25) is 0 Å². The average Bonchev–Trinajstić information content (AvgIpc) is 2.78. The van der Waals surface area contributed by atoms with Crippen molar-refractivity contribution in [2.45, 2.75) is 162 Å². The van der Waals surface area contributed by atoms with Crippen LogP contribution in [0.3, 0.4) is 0 Å². The second kappa shape index (κ2) is 23.1. The average molecular weight is 454 g/mol. The smallest absolute Gasteiger partial charge is 0.326 e. The molecule has 0 spiro atoms. The molecule has 4 heteroatoms. The number of nitrogens with one attached hydrogen (secondary N) is 1. The highest BCUT2D eigenvalue weighted by atomic mass is 16.4. The minimum Gasteiger partial charge on any atom is -0.480 e. The van der Waals surface area contributed by atoms with E-state index in [0.29, 0.717) is 6.42 Å². The zero-order chi connectivity index (χ0) is 23.9. The second-order valence-corrected chi connectivity index (χ2v) is 9.88. The molecule has 0 heterocycles. The summed E-state index contributed by atoms with van der Waals surface area (Å²) in [5.74, 6) is -1.09. The Hall–Kier alpha value is -1.06. The van der Waals surface area contributed by atoms with Gasteiger partial charge in [-0.05, 0) is 12.3 Å². The fraction of sp³-hybridized carbons (Fsp3) is 0.929. The zero-order valence-corrected chi connectivity index (χ0v) is 21.8. The van der Waals surface area contributed by atoms with Gasteiger partial charge in [-0.2, -0.15) is 0 Å².